The van der Waals surface area contributed by atoms with Crippen LogP contribution in [0, 0.1) is 0 Å². The predicted molar refractivity (Wildman–Crippen MR) is 32.2 cm³/mol. The SMILES string of the molecule is O=P(O)(O)OC[C@@H](O)C(O)O. The summed E-state index contributed by atoms with van der Waals surface area (Å²) in [6.45, 7) is -0.831. The minimum absolute atomic E-state index is 0.831. The van der Waals surface area contributed by atoms with Gasteiger partial charge in [-0.05, 0) is 0 Å². The van der Waals surface area contributed by atoms with Crippen molar-refractivity contribution in [3.63, 3.8) is 0 Å². The van der Waals surface area contributed by atoms with E-state index in [1.807, 2.05) is 0 Å². The van der Waals surface area contributed by atoms with Crippen molar-refractivity contribution in [3.8, 4) is 0 Å². The van der Waals surface area contributed by atoms with Crippen molar-refractivity contribution in [2.75, 3.05) is 6.61 Å². The summed E-state index contributed by atoms with van der Waals surface area (Å²) in [7, 11) is -4.64. The summed E-state index contributed by atoms with van der Waals surface area (Å²) < 4.78 is 13.7. The van der Waals surface area contributed by atoms with Gasteiger partial charge in [-0.1, -0.05) is 0 Å². The van der Waals surface area contributed by atoms with Crippen molar-refractivity contribution in [1.29, 1.82) is 0 Å². The molecule has 0 saturated heterocycles. The first-order chi connectivity index (χ1) is 4.83. The van der Waals surface area contributed by atoms with Gasteiger partial charge in [0.1, 0.15) is 6.10 Å². The van der Waals surface area contributed by atoms with Crippen LogP contribution in [0.1, 0.15) is 0 Å². The lowest BCUT2D eigenvalue weighted by molar-refractivity contribution is -0.133. The highest BCUT2D eigenvalue weighted by molar-refractivity contribution is 7.46. The minimum Gasteiger partial charge on any atom is -0.385 e. The van der Waals surface area contributed by atoms with Gasteiger partial charge in [0.2, 0.25) is 0 Å². The maximum atomic E-state index is 9.96. The van der Waals surface area contributed by atoms with Gasteiger partial charge in [-0.3, -0.25) is 4.52 Å². The second kappa shape index (κ2) is 4.13. The number of hydrogen-bond donors (Lipinski definition) is 5. The van der Waals surface area contributed by atoms with Crippen LogP contribution in [-0.2, 0) is 9.09 Å². The number of aliphatic hydroxyl groups excluding tert-OH is 2. The van der Waals surface area contributed by atoms with Crippen LogP contribution in [0.25, 0.3) is 0 Å². The molecule has 1 atom stereocenters. The molecule has 0 aromatic carbocycles. The zero-order valence-corrected chi connectivity index (χ0v) is 6.26. The van der Waals surface area contributed by atoms with Gasteiger partial charge in [-0.25, -0.2) is 4.57 Å². The molecule has 0 radical (unpaired) electrons. The third-order valence-electron chi connectivity index (χ3n) is 0.758. The molecular weight excluding hydrogens is 179 g/mol. The van der Waals surface area contributed by atoms with Gasteiger partial charge in [-0.15, -0.1) is 0 Å². The number of rotatable bonds is 4. The highest BCUT2D eigenvalue weighted by Gasteiger charge is 2.20. The van der Waals surface area contributed by atoms with E-state index in [4.69, 9.17) is 25.1 Å². The molecule has 11 heavy (non-hydrogen) atoms. The van der Waals surface area contributed by atoms with Crippen LogP contribution in [0.3, 0.4) is 0 Å². The van der Waals surface area contributed by atoms with E-state index in [2.05, 4.69) is 4.52 Å². The van der Waals surface area contributed by atoms with Gasteiger partial charge in [0.05, 0.1) is 6.61 Å². The molecule has 0 aromatic rings. The molecular formula is C3H9O7P. The zero-order valence-electron chi connectivity index (χ0n) is 5.36. The van der Waals surface area contributed by atoms with Crippen LogP contribution < -0.4 is 0 Å². The Morgan fingerprint density at radius 2 is 1.73 bits per heavy atom. The van der Waals surface area contributed by atoms with Gasteiger partial charge in [0.15, 0.2) is 6.29 Å². The Kier molecular flexibility index (Phi) is 4.12. The summed E-state index contributed by atoms with van der Waals surface area (Å²) >= 11 is 0. The maximum Gasteiger partial charge on any atom is 0.469 e. The summed E-state index contributed by atoms with van der Waals surface area (Å²) in [6.07, 6.45) is -3.79. The highest BCUT2D eigenvalue weighted by Crippen LogP contribution is 2.35. The normalized spacial score (nSPS) is 15.5. The van der Waals surface area contributed by atoms with Crippen molar-refractivity contribution in [1.82, 2.24) is 0 Å². The molecule has 0 aliphatic rings. The summed E-state index contributed by atoms with van der Waals surface area (Å²) in [5, 5.41) is 24.9. The molecule has 7 nitrogen and oxygen atoms in total. The van der Waals surface area contributed by atoms with Crippen LogP contribution in [-0.4, -0.2) is 44.1 Å². The lowest BCUT2D eigenvalue weighted by Gasteiger charge is -2.12. The fourth-order valence-corrected chi connectivity index (χ4v) is 0.606. The molecule has 0 fully saturated rings. The van der Waals surface area contributed by atoms with Gasteiger partial charge < -0.3 is 25.1 Å². The lowest BCUT2D eigenvalue weighted by atomic mass is 10.4. The Morgan fingerprint density at radius 3 is 2.00 bits per heavy atom. The molecule has 0 heterocycles. The molecule has 5 N–H and O–H groups in total. The van der Waals surface area contributed by atoms with Crippen molar-refractivity contribution in [2.45, 2.75) is 12.4 Å². The number of phosphoric acid groups is 1. The van der Waals surface area contributed by atoms with E-state index in [0.717, 1.165) is 0 Å². The maximum absolute atomic E-state index is 9.96. The largest absolute Gasteiger partial charge is 0.469 e. The Bertz CT molecular complexity index is 150. The molecule has 0 amide bonds. The number of phosphoric ester groups is 1. The summed E-state index contributed by atoms with van der Waals surface area (Å²) in [5.41, 5.74) is 0. The predicted octanol–water partition coefficient (Wildman–Crippen LogP) is -2.23. The topological polar surface area (TPSA) is 127 Å². The highest BCUT2D eigenvalue weighted by atomic mass is 31.2. The molecule has 0 rings (SSSR count). The molecule has 0 aromatic heterocycles. The van der Waals surface area contributed by atoms with Crippen LogP contribution in [0.4, 0.5) is 0 Å². The quantitative estimate of drug-likeness (QED) is 0.249. The van der Waals surface area contributed by atoms with E-state index in [-0.39, 0.29) is 0 Å². The van der Waals surface area contributed by atoms with Crippen molar-refractivity contribution in [3.05, 3.63) is 0 Å². The number of aliphatic hydroxyl groups is 3. The fourth-order valence-electron chi connectivity index (χ4n) is 0.260. The first kappa shape index (κ1) is 11.0. The van der Waals surface area contributed by atoms with Crippen molar-refractivity contribution >= 4 is 7.82 Å². The van der Waals surface area contributed by atoms with Crippen LogP contribution >= 0.6 is 7.82 Å². The fraction of sp³-hybridized carbons (Fsp3) is 1.00. The third kappa shape index (κ3) is 6.39. The molecule has 0 aliphatic carbocycles. The second-order valence-electron chi connectivity index (χ2n) is 1.77. The van der Waals surface area contributed by atoms with E-state index < -0.39 is 26.8 Å². The second-order valence-corrected chi connectivity index (χ2v) is 3.01. The zero-order chi connectivity index (χ0) is 9.07. The molecule has 0 unspecified atom stereocenters. The van der Waals surface area contributed by atoms with Crippen LogP contribution in [0.2, 0.25) is 0 Å². The Labute approximate surface area is 62.1 Å². The summed E-state index contributed by atoms with van der Waals surface area (Å²) in [5.74, 6) is 0. The van der Waals surface area contributed by atoms with E-state index >= 15 is 0 Å². The first-order valence-corrected chi connectivity index (χ1v) is 4.10. The molecule has 0 saturated carbocycles. The van der Waals surface area contributed by atoms with Crippen LogP contribution in [0.15, 0.2) is 0 Å². The molecule has 68 valence electrons. The van der Waals surface area contributed by atoms with Gasteiger partial charge in [0.25, 0.3) is 0 Å². The number of hydrogen-bond acceptors (Lipinski definition) is 5. The Balaban J connectivity index is 3.63. The van der Waals surface area contributed by atoms with Gasteiger partial charge >= 0.3 is 7.82 Å². The molecule has 8 heteroatoms. The monoisotopic (exact) mass is 188 g/mol. The Morgan fingerprint density at radius 1 is 1.27 bits per heavy atom. The molecule has 0 spiro atoms. The third-order valence-corrected chi connectivity index (χ3v) is 1.24. The summed E-state index contributed by atoms with van der Waals surface area (Å²) in [4.78, 5) is 16.1. The van der Waals surface area contributed by atoms with E-state index in [0.29, 0.717) is 0 Å². The smallest absolute Gasteiger partial charge is 0.385 e. The standard InChI is InChI=1S/C3H9O7P/c4-2(3(5)6)1-10-11(7,8)9/h2-6H,1H2,(H2,7,8,9)/t2-/m1/s1. The average Bonchev–Trinajstić information content (AvgIpc) is 1.80. The molecule has 0 bridgehead atoms. The molecule has 0 aliphatic heterocycles. The van der Waals surface area contributed by atoms with E-state index in [1.165, 1.54) is 0 Å². The first-order valence-electron chi connectivity index (χ1n) is 2.57. The van der Waals surface area contributed by atoms with Gasteiger partial charge in [0, 0.05) is 0 Å². The van der Waals surface area contributed by atoms with E-state index in [1.54, 1.807) is 0 Å². The van der Waals surface area contributed by atoms with Crippen LogP contribution in [0.5, 0.6) is 0 Å². The lowest BCUT2D eigenvalue weighted by Crippen LogP contribution is -2.29. The Hall–Kier alpha value is -0.0100. The van der Waals surface area contributed by atoms with E-state index in [9.17, 15) is 4.57 Å². The average molecular weight is 188 g/mol. The minimum atomic E-state index is -4.64. The summed E-state index contributed by atoms with van der Waals surface area (Å²) in [6, 6.07) is 0. The van der Waals surface area contributed by atoms with Gasteiger partial charge in [-0.2, -0.15) is 0 Å². The van der Waals surface area contributed by atoms with Crippen molar-refractivity contribution < 1.29 is 34.2 Å². The van der Waals surface area contributed by atoms with Crippen molar-refractivity contribution in [2.24, 2.45) is 0 Å².